The lowest BCUT2D eigenvalue weighted by Gasteiger charge is -2.14. The van der Waals surface area contributed by atoms with Crippen molar-refractivity contribution in [2.24, 2.45) is 0 Å². The van der Waals surface area contributed by atoms with Crippen LogP contribution in [0.1, 0.15) is 36.2 Å². The molecular formula is C17H17FN4O3S. The van der Waals surface area contributed by atoms with Crippen molar-refractivity contribution >= 4 is 32.5 Å². The van der Waals surface area contributed by atoms with E-state index in [1.807, 2.05) is 0 Å². The van der Waals surface area contributed by atoms with Gasteiger partial charge in [0.25, 0.3) is 0 Å². The quantitative estimate of drug-likeness (QED) is 0.644. The van der Waals surface area contributed by atoms with Crippen molar-refractivity contribution in [3.05, 3.63) is 53.9 Å². The van der Waals surface area contributed by atoms with E-state index in [4.69, 9.17) is 0 Å². The van der Waals surface area contributed by atoms with Crippen molar-refractivity contribution < 1.29 is 17.6 Å². The van der Waals surface area contributed by atoms with Crippen LogP contribution in [0.4, 0.5) is 10.1 Å². The zero-order valence-electron chi connectivity index (χ0n) is 14.2. The molecule has 0 saturated heterocycles. The van der Waals surface area contributed by atoms with E-state index in [0.29, 0.717) is 17.5 Å². The van der Waals surface area contributed by atoms with Gasteiger partial charge in [0.05, 0.1) is 22.1 Å². The molecule has 0 aliphatic rings. The zero-order chi connectivity index (χ0) is 18.9. The number of carbonyl (C=O) groups excluding carboxylic acids is 1. The predicted molar refractivity (Wildman–Crippen MR) is 96.0 cm³/mol. The normalized spacial score (nSPS) is 12.9. The van der Waals surface area contributed by atoms with Crippen LogP contribution in [0.25, 0.3) is 11.0 Å². The largest absolute Gasteiger partial charge is 0.345 e. The smallest absolute Gasteiger partial charge is 0.235 e. The van der Waals surface area contributed by atoms with Crippen LogP contribution in [0.3, 0.4) is 0 Å². The molecule has 0 amide bonds. The summed E-state index contributed by atoms with van der Waals surface area (Å²) in [6.07, 6.45) is 4.60. The van der Waals surface area contributed by atoms with Crippen molar-refractivity contribution in [1.29, 1.82) is 0 Å². The topological polar surface area (TPSA) is 105 Å². The number of ketones is 1. The molecule has 0 radical (unpaired) electrons. The van der Waals surface area contributed by atoms with Gasteiger partial charge < -0.3 is 4.98 Å². The second-order valence-corrected chi connectivity index (χ2v) is 7.95. The fourth-order valence-corrected chi connectivity index (χ4v) is 3.56. The van der Waals surface area contributed by atoms with Crippen molar-refractivity contribution in [3.63, 3.8) is 0 Å². The van der Waals surface area contributed by atoms with Gasteiger partial charge in [0.2, 0.25) is 10.0 Å². The number of hydrogen-bond donors (Lipinski definition) is 2. The van der Waals surface area contributed by atoms with Crippen LogP contribution in [-0.4, -0.2) is 34.4 Å². The standard InChI is InChI=1S/C17H17FN4O3S/c1-3-10(2)26(24,25)22-14-6-4-5-11(15(14)18)16(23)12-8-20-17-13(12)7-19-9-21-17/h4-10,22H,3H2,1-2H3,(H,19,20,21). The first-order chi connectivity index (χ1) is 12.3. The Morgan fingerprint density at radius 2 is 2.12 bits per heavy atom. The SMILES string of the molecule is CCC(C)S(=O)(=O)Nc1cccc(C(=O)c2c[nH]c3ncncc23)c1F. The van der Waals surface area contributed by atoms with Gasteiger partial charge in [-0.05, 0) is 25.5 Å². The van der Waals surface area contributed by atoms with Crippen LogP contribution in [0.2, 0.25) is 0 Å². The number of H-pyrrole nitrogens is 1. The molecule has 7 nitrogen and oxygen atoms in total. The molecule has 0 spiro atoms. The minimum Gasteiger partial charge on any atom is -0.345 e. The summed E-state index contributed by atoms with van der Waals surface area (Å²) in [5.74, 6) is -1.51. The van der Waals surface area contributed by atoms with Crippen LogP contribution in [0, 0.1) is 5.82 Å². The van der Waals surface area contributed by atoms with E-state index in [0.717, 1.165) is 0 Å². The number of rotatable bonds is 6. The first kappa shape index (κ1) is 18.0. The predicted octanol–water partition coefficient (Wildman–Crippen LogP) is 2.87. The van der Waals surface area contributed by atoms with Gasteiger partial charge in [-0.1, -0.05) is 13.0 Å². The lowest BCUT2D eigenvalue weighted by atomic mass is 10.0. The average molecular weight is 376 g/mol. The van der Waals surface area contributed by atoms with Crippen LogP contribution in [-0.2, 0) is 10.0 Å². The number of benzene rings is 1. The van der Waals surface area contributed by atoms with Gasteiger partial charge in [-0.2, -0.15) is 0 Å². The fourth-order valence-electron chi connectivity index (χ4n) is 2.45. The van der Waals surface area contributed by atoms with Gasteiger partial charge in [0, 0.05) is 17.8 Å². The molecule has 1 atom stereocenters. The minimum atomic E-state index is -3.74. The molecular weight excluding hydrogens is 359 g/mol. The number of nitrogens with one attached hydrogen (secondary N) is 2. The molecule has 1 unspecified atom stereocenters. The molecule has 26 heavy (non-hydrogen) atoms. The van der Waals surface area contributed by atoms with E-state index >= 15 is 0 Å². The highest BCUT2D eigenvalue weighted by Crippen LogP contribution is 2.25. The number of anilines is 1. The highest BCUT2D eigenvalue weighted by molar-refractivity contribution is 7.93. The summed E-state index contributed by atoms with van der Waals surface area (Å²) in [7, 11) is -3.74. The summed E-state index contributed by atoms with van der Waals surface area (Å²) in [6, 6.07) is 4.02. The molecule has 0 saturated carbocycles. The first-order valence-corrected chi connectivity index (χ1v) is 9.51. The van der Waals surface area contributed by atoms with E-state index in [2.05, 4.69) is 19.7 Å². The Labute approximate surface area is 149 Å². The molecule has 0 fully saturated rings. The van der Waals surface area contributed by atoms with Crippen molar-refractivity contribution in [3.8, 4) is 0 Å². The minimum absolute atomic E-state index is 0.210. The summed E-state index contributed by atoms with van der Waals surface area (Å²) < 4.78 is 41.4. The third-order valence-corrected chi connectivity index (χ3v) is 6.10. The van der Waals surface area contributed by atoms with Gasteiger partial charge in [0.15, 0.2) is 11.6 Å². The summed E-state index contributed by atoms with van der Waals surface area (Å²) in [5, 5.41) is -0.227. The Balaban J connectivity index is 2.01. The Hall–Kier alpha value is -2.81. The van der Waals surface area contributed by atoms with Gasteiger partial charge in [-0.15, -0.1) is 0 Å². The molecule has 9 heteroatoms. The second kappa shape index (κ2) is 6.83. The van der Waals surface area contributed by atoms with Gasteiger partial charge in [-0.3, -0.25) is 9.52 Å². The molecule has 1 aromatic carbocycles. The van der Waals surface area contributed by atoms with Gasteiger partial charge >= 0.3 is 0 Å². The maximum atomic E-state index is 14.8. The number of aromatic amines is 1. The summed E-state index contributed by atoms with van der Waals surface area (Å²) in [5.41, 5.74) is 0.171. The van der Waals surface area contributed by atoms with Crippen LogP contribution in [0.15, 0.2) is 36.9 Å². The molecule has 136 valence electrons. The molecule has 0 aliphatic heterocycles. The van der Waals surface area contributed by atoms with Crippen LogP contribution >= 0.6 is 0 Å². The molecule has 3 rings (SSSR count). The van der Waals surface area contributed by atoms with Crippen LogP contribution < -0.4 is 4.72 Å². The first-order valence-electron chi connectivity index (χ1n) is 7.97. The highest BCUT2D eigenvalue weighted by Gasteiger charge is 2.24. The third-order valence-electron chi connectivity index (χ3n) is 4.20. The maximum Gasteiger partial charge on any atom is 0.235 e. The van der Waals surface area contributed by atoms with E-state index in [9.17, 15) is 17.6 Å². The molecule has 2 heterocycles. The number of fused-ring (bicyclic) bond motifs is 1. The van der Waals surface area contributed by atoms with Crippen LogP contribution in [0.5, 0.6) is 0 Å². The van der Waals surface area contributed by atoms with Crippen molar-refractivity contribution in [2.75, 3.05) is 4.72 Å². The van der Waals surface area contributed by atoms with E-state index in [1.165, 1.54) is 43.8 Å². The highest BCUT2D eigenvalue weighted by atomic mass is 32.2. The molecule has 0 aliphatic carbocycles. The monoisotopic (exact) mass is 376 g/mol. The Morgan fingerprint density at radius 1 is 1.35 bits per heavy atom. The number of hydrogen-bond acceptors (Lipinski definition) is 5. The summed E-state index contributed by atoms with van der Waals surface area (Å²) in [4.78, 5) is 23.4. The number of sulfonamides is 1. The molecule has 3 aromatic rings. The summed E-state index contributed by atoms with van der Waals surface area (Å²) >= 11 is 0. The fraction of sp³-hybridized carbons (Fsp3) is 0.235. The zero-order valence-corrected chi connectivity index (χ0v) is 15.0. The lowest BCUT2D eigenvalue weighted by molar-refractivity contribution is 0.103. The van der Waals surface area contributed by atoms with E-state index in [-0.39, 0.29) is 16.8 Å². The van der Waals surface area contributed by atoms with Crippen molar-refractivity contribution in [1.82, 2.24) is 15.0 Å². The maximum absolute atomic E-state index is 14.8. The average Bonchev–Trinajstić information content (AvgIpc) is 3.06. The molecule has 2 aromatic heterocycles. The number of carbonyl (C=O) groups is 1. The van der Waals surface area contributed by atoms with E-state index < -0.39 is 26.9 Å². The Kier molecular flexibility index (Phi) is 4.73. The second-order valence-electron chi connectivity index (χ2n) is 5.85. The van der Waals surface area contributed by atoms with E-state index in [1.54, 1.807) is 6.92 Å². The number of aromatic nitrogens is 3. The molecule has 2 N–H and O–H groups in total. The summed E-state index contributed by atoms with van der Waals surface area (Å²) in [6.45, 7) is 3.25. The molecule has 0 bridgehead atoms. The van der Waals surface area contributed by atoms with Gasteiger partial charge in [0.1, 0.15) is 12.0 Å². The van der Waals surface area contributed by atoms with Crippen molar-refractivity contribution in [2.45, 2.75) is 25.5 Å². The third kappa shape index (κ3) is 3.17. The Bertz CT molecular complexity index is 1080. The lowest BCUT2D eigenvalue weighted by Crippen LogP contribution is -2.25. The van der Waals surface area contributed by atoms with Gasteiger partial charge in [-0.25, -0.2) is 22.8 Å². The Morgan fingerprint density at radius 3 is 2.85 bits per heavy atom. The number of nitrogens with zero attached hydrogens (tertiary/aromatic N) is 2. The number of halogens is 1.